The molecule has 5 rings (SSSR count). The number of urea groups is 1. The maximum atomic E-state index is 12.6. The summed E-state index contributed by atoms with van der Waals surface area (Å²) in [5.74, 6) is 2.75. The highest BCUT2D eigenvalue weighted by Gasteiger charge is 2.46. The van der Waals surface area contributed by atoms with Crippen molar-refractivity contribution >= 4 is 17.1 Å². The summed E-state index contributed by atoms with van der Waals surface area (Å²) in [4.78, 5) is 16.9. The molecule has 29 heavy (non-hydrogen) atoms. The molecule has 2 aromatic rings. The van der Waals surface area contributed by atoms with Crippen molar-refractivity contribution in [2.75, 3.05) is 6.54 Å². The summed E-state index contributed by atoms with van der Waals surface area (Å²) in [5, 5.41) is 1.93. The van der Waals surface area contributed by atoms with Crippen LogP contribution in [0.1, 0.15) is 43.6 Å². The molecular weight excluding hydrogens is 385 g/mol. The molecule has 3 N–H and O–H groups in total. The third-order valence-corrected chi connectivity index (χ3v) is 5.49. The molecule has 0 bridgehead atoms. The van der Waals surface area contributed by atoms with Gasteiger partial charge in [0.2, 0.25) is 5.89 Å². The summed E-state index contributed by atoms with van der Waals surface area (Å²) >= 11 is 0. The van der Waals surface area contributed by atoms with Crippen LogP contribution in [0.3, 0.4) is 0 Å². The number of carbonyl (C=O) groups is 1. The second-order valence-corrected chi connectivity index (χ2v) is 8.16. The first-order valence-electron chi connectivity index (χ1n) is 10.0. The van der Waals surface area contributed by atoms with Crippen LogP contribution in [0.15, 0.2) is 22.6 Å². The molecule has 1 atom stereocenters. The number of hydrogen-bond acceptors (Lipinski definition) is 4. The molecule has 3 fully saturated rings. The molecule has 2 saturated carbocycles. The van der Waals surface area contributed by atoms with Gasteiger partial charge < -0.3 is 20.4 Å². The van der Waals surface area contributed by atoms with Gasteiger partial charge >= 0.3 is 12.2 Å². The van der Waals surface area contributed by atoms with Gasteiger partial charge in [0.15, 0.2) is 5.58 Å². The smallest absolute Gasteiger partial charge is 0.410 e. The summed E-state index contributed by atoms with van der Waals surface area (Å²) in [5.41, 5.74) is 7.21. The average molecular weight is 410 g/mol. The summed E-state index contributed by atoms with van der Waals surface area (Å²) < 4.78 is 43.2. The Bertz CT molecular complexity index is 864. The van der Waals surface area contributed by atoms with Crippen LogP contribution >= 0.6 is 0 Å². The van der Waals surface area contributed by atoms with E-state index in [0.717, 1.165) is 4.90 Å². The zero-order chi connectivity index (χ0) is 20.6. The van der Waals surface area contributed by atoms with Gasteiger partial charge in [0.05, 0.1) is 13.1 Å². The predicted octanol–water partition coefficient (Wildman–Crippen LogP) is 3.94. The number of rotatable bonds is 5. The monoisotopic (exact) mass is 410 g/mol. The van der Waals surface area contributed by atoms with Crippen molar-refractivity contribution in [2.45, 2.75) is 57.4 Å². The molecule has 158 valence electrons. The van der Waals surface area contributed by atoms with E-state index in [4.69, 9.17) is 10.2 Å². The van der Waals surface area contributed by atoms with Gasteiger partial charge in [-0.1, -0.05) is 31.7 Å². The summed E-state index contributed by atoms with van der Waals surface area (Å²) in [6.07, 6.45) is 3.34. The quantitative estimate of drug-likeness (QED) is 0.782. The number of benzene rings is 1. The standard InChI is InChI=1S/C13H13F3N4O2.C7H12/c14-13(15,16)10-6-20(12(21)19-10)5-7-1-2-9-8(3-7)18-11(4-17)22-9;1-2-6(1)5-7-3-4-7/h1-3,10H,4-6,17H2,(H,19,21);6-7H,1-5H2. The molecule has 2 aliphatic carbocycles. The average Bonchev–Trinajstić information content (AvgIpc) is 3.59. The van der Waals surface area contributed by atoms with E-state index in [0.29, 0.717) is 22.6 Å². The van der Waals surface area contributed by atoms with E-state index in [9.17, 15) is 18.0 Å². The van der Waals surface area contributed by atoms with Crippen molar-refractivity contribution < 1.29 is 22.4 Å². The zero-order valence-corrected chi connectivity index (χ0v) is 16.0. The maximum Gasteiger partial charge on any atom is 0.410 e. The number of carbonyl (C=O) groups excluding carboxylic acids is 1. The minimum atomic E-state index is -4.45. The van der Waals surface area contributed by atoms with Crippen LogP contribution < -0.4 is 11.1 Å². The van der Waals surface area contributed by atoms with Crippen LogP contribution in [0.5, 0.6) is 0 Å². The molecule has 0 spiro atoms. The SMILES string of the molecule is C1CC1CC1CC1.NCc1nc2cc(CN3CC(C(F)(F)F)NC3=O)ccc2o1. The minimum absolute atomic E-state index is 0.0686. The molecule has 3 aliphatic rings. The normalized spacial score (nSPS) is 21.9. The van der Waals surface area contributed by atoms with E-state index >= 15 is 0 Å². The van der Waals surface area contributed by atoms with Gasteiger partial charge in [-0.25, -0.2) is 9.78 Å². The number of amides is 2. The number of aromatic nitrogens is 1. The van der Waals surface area contributed by atoms with Gasteiger partial charge in [-0.15, -0.1) is 0 Å². The molecular formula is C20H25F3N4O2. The number of fused-ring (bicyclic) bond motifs is 1. The first-order chi connectivity index (χ1) is 13.8. The molecule has 9 heteroatoms. The highest BCUT2D eigenvalue weighted by atomic mass is 19.4. The van der Waals surface area contributed by atoms with Crippen molar-refractivity contribution in [2.24, 2.45) is 17.6 Å². The van der Waals surface area contributed by atoms with Crippen LogP contribution in [-0.2, 0) is 13.1 Å². The number of nitrogens with two attached hydrogens (primary N) is 1. The van der Waals surface area contributed by atoms with Crippen LogP contribution in [0.2, 0.25) is 0 Å². The topological polar surface area (TPSA) is 84.4 Å². The Labute approximate surface area is 166 Å². The van der Waals surface area contributed by atoms with Crippen LogP contribution in [0, 0.1) is 11.8 Å². The van der Waals surface area contributed by atoms with E-state index in [1.807, 2.05) is 5.32 Å². The molecule has 1 aromatic carbocycles. The summed E-state index contributed by atoms with van der Waals surface area (Å²) in [6.45, 7) is -0.182. The molecule has 6 nitrogen and oxygen atoms in total. The van der Waals surface area contributed by atoms with Crippen molar-refractivity contribution in [3.63, 3.8) is 0 Å². The lowest BCUT2D eigenvalue weighted by atomic mass is 10.2. The van der Waals surface area contributed by atoms with E-state index in [1.165, 1.54) is 11.8 Å². The zero-order valence-electron chi connectivity index (χ0n) is 16.0. The number of nitrogens with zero attached hydrogens (tertiary/aromatic N) is 2. The third kappa shape index (κ3) is 5.20. The fourth-order valence-corrected chi connectivity index (χ4v) is 3.52. The lowest BCUT2D eigenvalue weighted by Gasteiger charge is -2.15. The van der Waals surface area contributed by atoms with Gasteiger partial charge in [-0.2, -0.15) is 13.2 Å². The number of nitrogens with one attached hydrogen (secondary N) is 1. The molecule has 1 aromatic heterocycles. The molecule has 2 heterocycles. The van der Waals surface area contributed by atoms with E-state index in [-0.39, 0.29) is 13.1 Å². The second kappa shape index (κ2) is 7.85. The van der Waals surface area contributed by atoms with Gasteiger partial charge in [-0.3, -0.25) is 0 Å². The number of oxazole rings is 1. The molecule has 1 aliphatic heterocycles. The van der Waals surface area contributed by atoms with Gasteiger partial charge in [-0.05, 0) is 36.0 Å². The molecule has 2 amide bonds. The molecule has 0 radical (unpaired) electrons. The van der Waals surface area contributed by atoms with E-state index in [2.05, 4.69) is 4.98 Å². The van der Waals surface area contributed by atoms with E-state index < -0.39 is 24.8 Å². The highest BCUT2D eigenvalue weighted by molar-refractivity contribution is 5.77. The Morgan fingerprint density at radius 3 is 2.45 bits per heavy atom. The van der Waals surface area contributed by atoms with Crippen LogP contribution in [-0.4, -0.2) is 34.7 Å². The third-order valence-electron chi connectivity index (χ3n) is 5.49. The van der Waals surface area contributed by atoms with Gasteiger partial charge in [0, 0.05) is 6.54 Å². The lowest BCUT2D eigenvalue weighted by Crippen LogP contribution is -2.40. The highest BCUT2D eigenvalue weighted by Crippen LogP contribution is 2.43. The largest absolute Gasteiger partial charge is 0.439 e. The van der Waals surface area contributed by atoms with Crippen LogP contribution in [0.4, 0.5) is 18.0 Å². The van der Waals surface area contributed by atoms with Crippen LogP contribution in [0.25, 0.3) is 11.1 Å². The van der Waals surface area contributed by atoms with E-state index in [1.54, 1.807) is 50.3 Å². The first-order valence-corrected chi connectivity index (χ1v) is 10.0. The van der Waals surface area contributed by atoms with Crippen molar-refractivity contribution in [1.82, 2.24) is 15.2 Å². The molecule has 1 unspecified atom stereocenters. The fraction of sp³-hybridized carbons (Fsp3) is 0.600. The first kappa shape index (κ1) is 20.0. The predicted molar refractivity (Wildman–Crippen MR) is 101 cm³/mol. The molecule has 1 saturated heterocycles. The summed E-state index contributed by atoms with van der Waals surface area (Å²) in [7, 11) is 0. The van der Waals surface area contributed by atoms with Gasteiger partial charge in [0.25, 0.3) is 0 Å². The Kier molecular flexibility index (Phi) is 5.42. The number of alkyl halides is 3. The number of halogens is 3. The Balaban J connectivity index is 0.000000243. The second-order valence-electron chi connectivity index (χ2n) is 8.16. The van der Waals surface area contributed by atoms with Gasteiger partial charge in [0.1, 0.15) is 11.6 Å². The minimum Gasteiger partial charge on any atom is -0.439 e. The van der Waals surface area contributed by atoms with Crippen molar-refractivity contribution in [3.8, 4) is 0 Å². The summed E-state index contributed by atoms with van der Waals surface area (Å²) in [6, 6.07) is 2.45. The fourth-order valence-electron chi connectivity index (χ4n) is 3.52. The lowest BCUT2D eigenvalue weighted by molar-refractivity contribution is -0.149. The Hall–Kier alpha value is -2.29. The van der Waals surface area contributed by atoms with Crippen molar-refractivity contribution in [1.29, 1.82) is 0 Å². The van der Waals surface area contributed by atoms with Crippen molar-refractivity contribution in [3.05, 3.63) is 29.7 Å². The number of hydrogen-bond donors (Lipinski definition) is 2. The Morgan fingerprint density at radius 2 is 1.90 bits per heavy atom. The Morgan fingerprint density at radius 1 is 1.21 bits per heavy atom. The maximum absolute atomic E-state index is 12.6.